The second-order valence-corrected chi connectivity index (χ2v) is 5.04. The van der Waals surface area contributed by atoms with Crippen molar-refractivity contribution in [2.45, 2.75) is 31.0 Å². The molecule has 0 radical (unpaired) electrons. The zero-order chi connectivity index (χ0) is 10.3. The quantitative estimate of drug-likeness (QED) is 0.654. The van der Waals surface area contributed by atoms with Gasteiger partial charge in [0, 0.05) is 4.83 Å². The zero-order valence-corrected chi connectivity index (χ0v) is 10.0. The summed E-state index contributed by atoms with van der Waals surface area (Å²) in [6, 6.07) is 5.18. The van der Waals surface area contributed by atoms with Gasteiger partial charge in [-0.15, -0.1) is 0 Å². The molecule has 3 unspecified atom stereocenters. The Morgan fingerprint density at radius 3 is 2.71 bits per heavy atom. The van der Waals surface area contributed by atoms with Crippen molar-refractivity contribution in [3.8, 4) is 0 Å². The standard InChI is InChI=1S/C12H14BrF/c1-3-9-7(2)12(13)11-6-8(14)4-5-10(9)11/h4-7,9,12H,3H2,1-2H3. The lowest BCUT2D eigenvalue weighted by Gasteiger charge is -2.15. The van der Waals surface area contributed by atoms with Crippen LogP contribution < -0.4 is 0 Å². The van der Waals surface area contributed by atoms with Gasteiger partial charge in [0.1, 0.15) is 5.82 Å². The summed E-state index contributed by atoms with van der Waals surface area (Å²) in [5.74, 6) is 1.02. The second kappa shape index (κ2) is 3.65. The van der Waals surface area contributed by atoms with E-state index in [0.29, 0.717) is 16.7 Å². The summed E-state index contributed by atoms with van der Waals surface area (Å²) in [6.07, 6.45) is 1.13. The number of hydrogen-bond acceptors (Lipinski definition) is 0. The van der Waals surface area contributed by atoms with E-state index in [4.69, 9.17) is 0 Å². The Bertz CT molecular complexity index is 348. The summed E-state index contributed by atoms with van der Waals surface area (Å²) in [7, 11) is 0. The molecule has 0 heterocycles. The van der Waals surface area contributed by atoms with Crippen LogP contribution in [-0.4, -0.2) is 0 Å². The van der Waals surface area contributed by atoms with Crippen molar-refractivity contribution in [3.05, 3.63) is 35.1 Å². The lowest BCUT2D eigenvalue weighted by atomic mass is 9.92. The van der Waals surface area contributed by atoms with Gasteiger partial charge in [0.25, 0.3) is 0 Å². The lowest BCUT2D eigenvalue weighted by Crippen LogP contribution is -2.03. The molecule has 1 aromatic rings. The molecule has 0 saturated carbocycles. The molecule has 0 bridgehead atoms. The molecule has 0 amide bonds. The molecule has 1 aliphatic carbocycles. The molecule has 0 aromatic heterocycles. The third-order valence-corrected chi connectivity index (χ3v) is 4.61. The predicted molar refractivity (Wildman–Crippen MR) is 60.3 cm³/mol. The van der Waals surface area contributed by atoms with Crippen molar-refractivity contribution in [1.82, 2.24) is 0 Å². The van der Waals surface area contributed by atoms with Crippen LogP contribution in [0.1, 0.15) is 42.1 Å². The molecule has 0 nitrogen and oxygen atoms in total. The van der Waals surface area contributed by atoms with Crippen LogP contribution in [0.15, 0.2) is 18.2 Å². The number of hydrogen-bond donors (Lipinski definition) is 0. The van der Waals surface area contributed by atoms with Crippen molar-refractivity contribution in [3.63, 3.8) is 0 Å². The Hall–Kier alpha value is -0.370. The number of halogens is 2. The Balaban J connectivity index is 2.50. The van der Waals surface area contributed by atoms with E-state index in [0.717, 1.165) is 12.0 Å². The van der Waals surface area contributed by atoms with E-state index >= 15 is 0 Å². The molecule has 0 fully saturated rings. The van der Waals surface area contributed by atoms with Crippen molar-refractivity contribution in [2.24, 2.45) is 5.92 Å². The van der Waals surface area contributed by atoms with Gasteiger partial charge in [0.2, 0.25) is 0 Å². The minimum Gasteiger partial charge on any atom is -0.207 e. The van der Waals surface area contributed by atoms with E-state index in [1.807, 2.05) is 6.07 Å². The number of alkyl halides is 1. The maximum Gasteiger partial charge on any atom is 0.123 e. The van der Waals surface area contributed by atoms with Crippen LogP contribution in [0.2, 0.25) is 0 Å². The minimum atomic E-state index is -0.128. The first kappa shape index (κ1) is 10.2. The van der Waals surface area contributed by atoms with Gasteiger partial charge in [0.05, 0.1) is 0 Å². The lowest BCUT2D eigenvalue weighted by molar-refractivity contribution is 0.484. The van der Waals surface area contributed by atoms with Gasteiger partial charge in [0.15, 0.2) is 0 Å². The number of rotatable bonds is 1. The maximum absolute atomic E-state index is 13.1. The molecule has 0 aliphatic heterocycles. The first-order chi connectivity index (χ1) is 6.65. The van der Waals surface area contributed by atoms with Crippen LogP contribution in [0, 0.1) is 11.7 Å². The normalized spacial score (nSPS) is 30.4. The molecule has 0 N–H and O–H groups in total. The summed E-state index contributed by atoms with van der Waals surface area (Å²) in [5.41, 5.74) is 2.47. The highest BCUT2D eigenvalue weighted by atomic mass is 79.9. The van der Waals surface area contributed by atoms with Gasteiger partial charge in [-0.2, -0.15) is 0 Å². The first-order valence-electron chi connectivity index (χ1n) is 5.08. The van der Waals surface area contributed by atoms with Gasteiger partial charge < -0.3 is 0 Å². The summed E-state index contributed by atoms with van der Waals surface area (Å²) >= 11 is 3.65. The van der Waals surface area contributed by atoms with Gasteiger partial charge in [-0.1, -0.05) is 35.8 Å². The van der Waals surface area contributed by atoms with Gasteiger partial charge in [-0.05, 0) is 41.5 Å². The largest absolute Gasteiger partial charge is 0.207 e. The molecule has 0 spiro atoms. The number of benzene rings is 1. The van der Waals surface area contributed by atoms with Crippen molar-refractivity contribution < 1.29 is 4.39 Å². The molecule has 14 heavy (non-hydrogen) atoms. The monoisotopic (exact) mass is 256 g/mol. The molecule has 76 valence electrons. The van der Waals surface area contributed by atoms with E-state index in [1.54, 1.807) is 12.1 Å². The molecule has 2 heteroatoms. The van der Waals surface area contributed by atoms with Gasteiger partial charge in [-0.25, -0.2) is 4.39 Å². The second-order valence-electron chi connectivity index (χ2n) is 4.05. The van der Waals surface area contributed by atoms with Gasteiger partial charge >= 0.3 is 0 Å². The summed E-state index contributed by atoms with van der Waals surface area (Å²) in [5, 5.41) is 0. The first-order valence-corrected chi connectivity index (χ1v) is 6.00. The fourth-order valence-corrected chi connectivity index (χ4v) is 3.25. The third kappa shape index (κ3) is 1.40. The minimum absolute atomic E-state index is 0.128. The topological polar surface area (TPSA) is 0 Å². The van der Waals surface area contributed by atoms with Crippen molar-refractivity contribution in [2.75, 3.05) is 0 Å². The molecule has 0 saturated heterocycles. The van der Waals surface area contributed by atoms with E-state index in [2.05, 4.69) is 29.8 Å². The van der Waals surface area contributed by atoms with E-state index in [9.17, 15) is 4.39 Å². The maximum atomic E-state index is 13.1. The molecule has 1 aliphatic rings. The van der Waals surface area contributed by atoms with Crippen LogP contribution in [0.4, 0.5) is 4.39 Å². The molecular weight excluding hydrogens is 243 g/mol. The Morgan fingerprint density at radius 1 is 1.36 bits per heavy atom. The summed E-state index contributed by atoms with van der Waals surface area (Å²) < 4.78 is 13.1. The molecular formula is C12H14BrF. The Morgan fingerprint density at radius 2 is 2.07 bits per heavy atom. The van der Waals surface area contributed by atoms with Crippen LogP contribution in [0.3, 0.4) is 0 Å². The van der Waals surface area contributed by atoms with Crippen LogP contribution in [0.5, 0.6) is 0 Å². The summed E-state index contributed by atoms with van der Waals surface area (Å²) in [6.45, 7) is 4.42. The smallest absolute Gasteiger partial charge is 0.123 e. The third-order valence-electron chi connectivity index (χ3n) is 3.28. The molecule has 2 rings (SSSR count). The highest BCUT2D eigenvalue weighted by molar-refractivity contribution is 9.09. The number of fused-ring (bicyclic) bond motifs is 1. The van der Waals surface area contributed by atoms with E-state index < -0.39 is 0 Å². The Kier molecular flexibility index (Phi) is 2.65. The fourth-order valence-electron chi connectivity index (χ4n) is 2.48. The van der Waals surface area contributed by atoms with Crippen molar-refractivity contribution >= 4 is 15.9 Å². The van der Waals surface area contributed by atoms with Gasteiger partial charge in [-0.3, -0.25) is 0 Å². The summed E-state index contributed by atoms with van der Waals surface area (Å²) in [4.78, 5) is 0.318. The van der Waals surface area contributed by atoms with E-state index in [-0.39, 0.29) is 5.82 Å². The SMILES string of the molecule is CCC1c2ccc(F)cc2C(Br)C1C. The van der Waals surface area contributed by atoms with Crippen molar-refractivity contribution in [1.29, 1.82) is 0 Å². The van der Waals surface area contributed by atoms with E-state index in [1.165, 1.54) is 5.56 Å². The van der Waals surface area contributed by atoms with Crippen LogP contribution in [0.25, 0.3) is 0 Å². The zero-order valence-electron chi connectivity index (χ0n) is 8.43. The highest BCUT2D eigenvalue weighted by Crippen LogP contribution is 2.50. The highest BCUT2D eigenvalue weighted by Gasteiger charge is 2.35. The predicted octanol–water partition coefficient (Wildman–Crippen LogP) is 4.41. The fraction of sp³-hybridized carbons (Fsp3) is 0.500. The molecule has 1 aromatic carbocycles. The average molecular weight is 257 g/mol. The average Bonchev–Trinajstić information content (AvgIpc) is 2.41. The Labute approximate surface area is 92.6 Å². The van der Waals surface area contributed by atoms with Crippen LogP contribution in [-0.2, 0) is 0 Å². The molecule has 3 atom stereocenters. The van der Waals surface area contributed by atoms with Crippen LogP contribution >= 0.6 is 15.9 Å².